The predicted molar refractivity (Wildman–Crippen MR) is 79.1 cm³/mol. The summed E-state index contributed by atoms with van der Waals surface area (Å²) in [4.78, 5) is 6.78. The average molecular weight is 255 g/mol. The minimum Gasteiger partial charge on any atom is -0.311 e. The van der Waals surface area contributed by atoms with Crippen LogP contribution in [0.2, 0.25) is 0 Å². The van der Waals surface area contributed by atoms with Crippen molar-refractivity contribution in [3.05, 3.63) is 42.2 Å². The van der Waals surface area contributed by atoms with Gasteiger partial charge in [-0.1, -0.05) is 24.3 Å². The Kier molecular flexibility index (Phi) is 3.76. The van der Waals surface area contributed by atoms with E-state index in [4.69, 9.17) is 0 Å². The molecule has 1 N–H and O–H groups in total. The molecule has 1 aliphatic heterocycles. The van der Waals surface area contributed by atoms with Gasteiger partial charge in [0.2, 0.25) is 0 Å². The monoisotopic (exact) mass is 255 g/mol. The van der Waals surface area contributed by atoms with Crippen molar-refractivity contribution in [3.63, 3.8) is 0 Å². The highest BCUT2D eigenvalue weighted by molar-refractivity contribution is 5.84. The lowest BCUT2D eigenvalue weighted by Crippen LogP contribution is -2.35. The van der Waals surface area contributed by atoms with Gasteiger partial charge < -0.3 is 10.2 Å². The molecule has 0 amide bonds. The van der Waals surface area contributed by atoms with Crippen molar-refractivity contribution in [2.75, 3.05) is 20.1 Å². The normalized spacial score (nSPS) is 20.2. The van der Waals surface area contributed by atoms with E-state index in [-0.39, 0.29) is 0 Å². The van der Waals surface area contributed by atoms with E-state index in [1.54, 1.807) is 0 Å². The molecule has 0 spiro atoms. The Morgan fingerprint density at radius 3 is 3.05 bits per heavy atom. The molecule has 3 heteroatoms. The standard InChI is InChI=1S/C16H21N3/c1-19-8-4-6-15(19)12-18-11-14-10-17-9-13-5-2-3-7-16(13)14/h2-3,5,7,9-10,15,18H,4,6,8,11-12H2,1H3. The predicted octanol–water partition coefficient (Wildman–Crippen LogP) is 2.42. The zero-order valence-corrected chi connectivity index (χ0v) is 11.5. The first-order valence-electron chi connectivity index (χ1n) is 7.07. The summed E-state index contributed by atoms with van der Waals surface area (Å²) in [6.45, 7) is 3.21. The van der Waals surface area contributed by atoms with E-state index in [1.165, 1.54) is 35.7 Å². The highest BCUT2D eigenvalue weighted by atomic mass is 15.2. The largest absolute Gasteiger partial charge is 0.311 e. The Labute approximate surface area is 114 Å². The SMILES string of the molecule is CN1CCCC1CNCc1cncc2ccccc12. The lowest BCUT2D eigenvalue weighted by atomic mass is 10.1. The molecule has 1 unspecified atom stereocenters. The van der Waals surface area contributed by atoms with Crippen molar-refractivity contribution in [2.24, 2.45) is 0 Å². The van der Waals surface area contributed by atoms with Crippen LogP contribution >= 0.6 is 0 Å². The van der Waals surface area contributed by atoms with Gasteiger partial charge in [-0.25, -0.2) is 0 Å². The first-order chi connectivity index (χ1) is 9.34. The van der Waals surface area contributed by atoms with Gasteiger partial charge in [-0.2, -0.15) is 0 Å². The molecule has 0 bridgehead atoms. The van der Waals surface area contributed by atoms with Crippen molar-refractivity contribution >= 4 is 10.8 Å². The Hall–Kier alpha value is -1.45. The van der Waals surface area contributed by atoms with E-state index < -0.39 is 0 Å². The van der Waals surface area contributed by atoms with E-state index >= 15 is 0 Å². The molecule has 1 aromatic heterocycles. The van der Waals surface area contributed by atoms with E-state index in [0.29, 0.717) is 6.04 Å². The van der Waals surface area contributed by atoms with Crippen LogP contribution < -0.4 is 5.32 Å². The molecule has 3 nitrogen and oxygen atoms in total. The van der Waals surface area contributed by atoms with Gasteiger partial charge in [-0.15, -0.1) is 0 Å². The van der Waals surface area contributed by atoms with Crippen LogP contribution in [0.1, 0.15) is 18.4 Å². The first kappa shape index (κ1) is 12.6. The van der Waals surface area contributed by atoms with Crippen molar-refractivity contribution in [3.8, 4) is 0 Å². The number of hydrogen-bond acceptors (Lipinski definition) is 3. The molecule has 1 atom stereocenters. The maximum Gasteiger partial charge on any atom is 0.0346 e. The highest BCUT2D eigenvalue weighted by Crippen LogP contribution is 2.17. The summed E-state index contributed by atoms with van der Waals surface area (Å²) >= 11 is 0. The molecule has 19 heavy (non-hydrogen) atoms. The van der Waals surface area contributed by atoms with Crippen LogP contribution in [0.15, 0.2) is 36.7 Å². The van der Waals surface area contributed by atoms with Gasteiger partial charge in [-0.3, -0.25) is 4.98 Å². The maximum atomic E-state index is 4.33. The maximum absolute atomic E-state index is 4.33. The van der Waals surface area contributed by atoms with E-state index in [0.717, 1.165) is 13.1 Å². The number of rotatable bonds is 4. The summed E-state index contributed by atoms with van der Waals surface area (Å²) in [5.74, 6) is 0. The lowest BCUT2D eigenvalue weighted by Gasteiger charge is -2.19. The number of benzene rings is 1. The topological polar surface area (TPSA) is 28.2 Å². The molecule has 0 saturated carbocycles. The van der Waals surface area contributed by atoms with E-state index in [1.807, 2.05) is 12.4 Å². The lowest BCUT2D eigenvalue weighted by molar-refractivity contribution is 0.300. The van der Waals surface area contributed by atoms with Gasteiger partial charge in [0.25, 0.3) is 0 Å². The van der Waals surface area contributed by atoms with Crippen LogP contribution in [0, 0.1) is 0 Å². The molecule has 2 aromatic rings. The molecule has 2 heterocycles. The third kappa shape index (κ3) is 2.77. The molecule has 1 fully saturated rings. The summed E-state index contributed by atoms with van der Waals surface area (Å²) in [5, 5.41) is 6.12. The van der Waals surface area contributed by atoms with Crippen molar-refractivity contribution in [2.45, 2.75) is 25.4 Å². The fourth-order valence-corrected chi connectivity index (χ4v) is 2.93. The fourth-order valence-electron chi connectivity index (χ4n) is 2.93. The Morgan fingerprint density at radius 2 is 2.21 bits per heavy atom. The zero-order chi connectivity index (χ0) is 13.1. The fraction of sp³-hybridized carbons (Fsp3) is 0.438. The van der Waals surface area contributed by atoms with Gasteiger partial charge in [0.15, 0.2) is 0 Å². The second-order valence-corrected chi connectivity index (χ2v) is 5.43. The summed E-state index contributed by atoms with van der Waals surface area (Å²) < 4.78 is 0. The van der Waals surface area contributed by atoms with Crippen molar-refractivity contribution in [1.29, 1.82) is 0 Å². The molecule has 100 valence electrons. The van der Waals surface area contributed by atoms with Gasteiger partial charge >= 0.3 is 0 Å². The zero-order valence-electron chi connectivity index (χ0n) is 11.5. The van der Waals surface area contributed by atoms with Crippen molar-refractivity contribution in [1.82, 2.24) is 15.2 Å². The molecule has 1 saturated heterocycles. The van der Waals surface area contributed by atoms with Crippen LogP contribution in [0.5, 0.6) is 0 Å². The molecular formula is C16H21N3. The third-order valence-electron chi connectivity index (χ3n) is 4.12. The van der Waals surface area contributed by atoms with E-state index in [2.05, 4.69) is 46.5 Å². The molecular weight excluding hydrogens is 234 g/mol. The van der Waals surface area contributed by atoms with Crippen LogP contribution in [-0.4, -0.2) is 36.1 Å². The molecule has 1 aromatic carbocycles. The van der Waals surface area contributed by atoms with Gasteiger partial charge in [0, 0.05) is 36.9 Å². The smallest absolute Gasteiger partial charge is 0.0346 e. The second kappa shape index (κ2) is 5.68. The Morgan fingerprint density at radius 1 is 1.32 bits per heavy atom. The van der Waals surface area contributed by atoms with Crippen LogP contribution in [0.4, 0.5) is 0 Å². The number of pyridine rings is 1. The number of likely N-dealkylation sites (N-methyl/N-ethyl adjacent to an activating group) is 1. The number of aromatic nitrogens is 1. The number of fused-ring (bicyclic) bond motifs is 1. The first-order valence-corrected chi connectivity index (χ1v) is 7.07. The summed E-state index contributed by atoms with van der Waals surface area (Å²) in [7, 11) is 2.22. The van der Waals surface area contributed by atoms with Crippen LogP contribution in [-0.2, 0) is 6.54 Å². The van der Waals surface area contributed by atoms with Gasteiger partial charge in [0.1, 0.15) is 0 Å². The van der Waals surface area contributed by atoms with Crippen LogP contribution in [0.3, 0.4) is 0 Å². The quantitative estimate of drug-likeness (QED) is 0.909. The minimum atomic E-state index is 0.697. The average Bonchev–Trinajstić information content (AvgIpc) is 2.85. The Balaban J connectivity index is 1.65. The number of hydrogen-bond donors (Lipinski definition) is 1. The summed E-state index contributed by atoms with van der Waals surface area (Å²) in [5.41, 5.74) is 1.29. The molecule has 0 radical (unpaired) electrons. The third-order valence-corrected chi connectivity index (χ3v) is 4.12. The molecule has 3 rings (SSSR count). The molecule has 1 aliphatic rings. The minimum absolute atomic E-state index is 0.697. The summed E-state index contributed by atoms with van der Waals surface area (Å²) in [6, 6.07) is 9.15. The number of nitrogens with one attached hydrogen (secondary N) is 1. The second-order valence-electron chi connectivity index (χ2n) is 5.43. The molecule has 0 aliphatic carbocycles. The van der Waals surface area contributed by atoms with Crippen molar-refractivity contribution < 1.29 is 0 Å². The summed E-state index contributed by atoms with van der Waals surface area (Å²) in [6.07, 6.45) is 6.56. The van der Waals surface area contributed by atoms with Gasteiger partial charge in [0.05, 0.1) is 0 Å². The number of likely N-dealkylation sites (tertiary alicyclic amines) is 1. The van der Waals surface area contributed by atoms with Crippen LogP contribution in [0.25, 0.3) is 10.8 Å². The Bertz CT molecular complexity index is 547. The highest BCUT2D eigenvalue weighted by Gasteiger charge is 2.19. The van der Waals surface area contributed by atoms with E-state index in [9.17, 15) is 0 Å². The number of nitrogens with zero attached hydrogens (tertiary/aromatic N) is 2. The van der Waals surface area contributed by atoms with Gasteiger partial charge in [-0.05, 0) is 37.4 Å².